The second-order valence-electron chi connectivity index (χ2n) is 6.77. The van der Waals surface area contributed by atoms with Crippen molar-refractivity contribution in [3.05, 3.63) is 29.5 Å². The van der Waals surface area contributed by atoms with Gasteiger partial charge in [0.2, 0.25) is 0 Å². The molecule has 7 nitrogen and oxygen atoms in total. The molecule has 0 saturated carbocycles. The lowest BCUT2D eigenvalue weighted by molar-refractivity contribution is 0.0823. The first kappa shape index (κ1) is 16.4. The van der Waals surface area contributed by atoms with Crippen molar-refractivity contribution >= 4 is 5.82 Å². The zero-order valence-corrected chi connectivity index (χ0v) is 14.7. The van der Waals surface area contributed by atoms with E-state index in [9.17, 15) is 4.39 Å². The molecule has 2 aliphatic heterocycles. The first-order chi connectivity index (χ1) is 12.2. The van der Waals surface area contributed by atoms with Crippen LogP contribution in [-0.4, -0.2) is 44.5 Å². The Balaban J connectivity index is 1.63. The van der Waals surface area contributed by atoms with E-state index in [1.54, 1.807) is 0 Å². The van der Waals surface area contributed by atoms with Gasteiger partial charge in [-0.1, -0.05) is 6.92 Å². The second kappa shape index (κ2) is 6.67. The van der Waals surface area contributed by atoms with Crippen molar-refractivity contribution < 1.29 is 9.13 Å². The summed E-state index contributed by atoms with van der Waals surface area (Å²) in [5, 5.41) is 8.86. The number of rotatable bonds is 3. The summed E-state index contributed by atoms with van der Waals surface area (Å²) in [7, 11) is 0. The highest BCUT2D eigenvalue weighted by Crippen LogP contribution is 2.32. The Bertz CT molecular complexity index is 758. The smallest absolute Gasteiger partial charge is 0.187 e. The largest absolute Gasteiger partial charge is 0.381 e. The summed E-state index contributed by atoms with van der Waals surface area (Å²) in [6.07, 6.45) is 3.95. The lowest BCUT2D eigenvalue weighted by Gasteiger charge is -2.34. The van der Waals surface area contributed by atoms with E-state index in [4.69, 9.17) is 4.74 Å². The molecule has 0 aromatic carbocycles. The number of halogens is 1. The van der Waals surface area contributed by atoms with Gasteiger partial charge in [-0.3, -0.25) is 0 Å². The Labute approximate surface area is 146 Å². The summed E-state index contributed by atoms with van der Waals surface area (Å²) in [6.45, 7) is 6.76. The number of fused-ring (bicyclic) bond motifs is 1. The molecule has 0 spiro atoms. The molecular formula is C17H23FN6O. The van der Waals surface area contributed by atoms with Gasteiger partial charge in [0.1, 0.15) is 12.2 Å². The minimum absolute atomic E-state index is 0.163. The van der Waals surface area contributed by atoms with Gasteiger partial charge in [0.25, 0.3) is 0 Å². The van der Waals surface area contributed by atoms with Crippen LogP contribution in [-0.2, 0) is 17.7 Å². The summed E-state index contributed by atoms with van der Waals surface area (Å²) in [5.41, 5.74) is 0.451. The summed E-state index contributed by atoms with van der Waals surface area (Å²) in [4.78, 5) is 10.1. The molecule has 0 aliphatic carbocycles. The maximum Gasteiger partial charge on any atom is 0.187 e. The van der Waals surface area contributed by atoms with E-state index < -0.39 is 0 Å². The molecule has 1 atom stereocenters. The molecule has 25 heavy (non-hydrogen) atoms. The van der Waals surface area contributed by atoms with Crippen LogP contribution in [0.4, 0.5) is 10.2 Å². The Hall–Kier alpha value is -2.09. The quantitative estimate of drug-likeness (QED) is 0.849. The highest BCUT2D eigenvalue weighted by molar-refractivity contribution is 5.42. The van der Waals surface area contributed by atoms with Crippen molar-refractivity contribution in [2.75, 3.05) is 24.7 Å². The number of anilines is 1. The Morgan fingerprint density at radius 3 is 2.80 bits per heavy atom. The maximum absolute atomic E-state index is 14.6. The fourth-order valence-corrected chi connectivity index (χ4v) is 3.82. The van der Waals surface area contributed by atoms with Crippen LogP contribution in [0.15, 0.2) is 6.33 Å². The molecule has 8 heteroatoms. The van der Waals surface area contributed by atoms with Gasteiger partial charge in [-0.05, 0) is 26.2 Å². The van der Waals surface area contributed by atoms with Gasteiger partial charge in [0, 0.05) is 25.7 Å². The van der Waals surface area contributed by atoms with Crippen molar-refractivity contribution in [2.45, 2.75) is 51.6 Å². The molecule has 1 saturated heterocycles. The fraction of sp³-hybridized carbons (Fsp3) is 0.647. The molecule has 0 bridgehead atoms. The first-order valence-electron chi connectivity index (χ1n) is 8.94. The van der Waals surface area contributed by atoms with E-state index in [0.717, 1.165) is 37.7 Å². The van der Waals surface area contributed by atoms with Gasteiger partial charge in [-0.2, -0.15) is 0 Å². The lowest BCUT2D eigenvalue weighted by atomic mass is 9.99. The van der Waals surface area contributed by atoms with Gasteiger partial charge in [-0.15, -0.1) is 10.2 Å². The SMILES string of the molecule is CCc1ncnc(N2Cc3nnc(C4CCOCC4)n3[C@@H](C)C2)c1F. The third kappa shape index (κ3) is 2.88. The van der Waals surface area contributed by atoms with E-state index in [-0.39, 0.29) is 11.9 Å². The molecule has 4 rings (SSSR count). The van der Waals surface area contributed by atoms with E-state index in [1.165, 1.54) is 6.33 Å². The van der Waals surface area contributed by atoms with E-state index >= 15 is 0 Å². The molecule has 2 aromatic heterocycles. The van der Waals surface area contributed by atoms with Gasteiger partial charge in [0.15, 0.2) is 17.5 Å². The molecular weight excluding hydrogens is 323 g/mol. The third-order valence-electron chi connectivity index (χ3n) is 5.11. The highest BCUT2D eigenvalue weighted by atomic mass is 19.1. The molecule has 134 valence electrons. The van der Waals surface area contributed by atoms with Crippen LogP contribution in [0.3, 0.4) is 0 Å². The molecule has 0 N–H and O–H groups in total. The predicted octanol–water partition coefficient (Wildman–Crippen LogP) is 2.24. The molecule has 2 aromatic rings. The lowest BCUT2D eigenvalue weighted by Crippen LogP contribution is -2.38. The molecule has 2 aliphatic rings. The van der Waals surface area contributed by atoms with Gasteiger partial charge >= 0.3 is 0 Å². The van der Waals surface area contributed by atoms with Crippen LogP contribution in [0, 0.1) is 5.82 Å². The topological polar surface area (TPSA) is 69.0 Å². The van der Waals surface area contributed by atoms with Crippen LogP contribution in [0.25, 0.3) is 0 Å². The average molecular weight is 346 g/mol. The average Bonchev–Trinajstić information content (AvgIpc) is 3.07. The van der Waals surface area contributed by atoms with Crippen molar-refractivity contribution in [3.63, 3.8) is 0 Å². The number of hydrogen-bond donors (Lipinski definition) is 0. The van der Waals surface area contributed by atoms with Crippen LogP contribution in [0.5, 0.6) is 0 Å². The van der Waals surface area contributed by atoms with Crippen molar-refractivity contribution in [1.82, 2.24) is 24.7 Å². The van der Waals surface area contributed by atoms with Crippen molar-refractivity contribution in [1.29, 1.82) is 0 Å². The third-order valence-corrected chi connectivity index (χ3v) is 5.11. The number of aryl methyl sites for hydroxylation is 1. The maximum atomic E-state index is 14.6. The number of nitrogens with zero attached hydrogens (tertiary/aromatic N) is 6. The Kier molecular flexibility index (Phi) is 4.37. The second-order valence-corrected chi connectivity index (χ2v) is 6.77. The van der Waals surface area contributed by atoms with Crippen molar-refractivity contribution in [3.8, 4) is 0 Å². The molecule has 0 radical (unpaired) electrons. The van der Waals surface area contributed by atoms with Crippen LogP contribution in [0.1, 0.15) is 56.0 Å². The van der Waals surface area contributed by atoms with Gasteiger partial charge in [0.05, 0.1) is 18.3 Å². The zero-order valence-electron chi connectivity index (χ0n) is 14.7. The highest BCUT2D eigenvalue weighted by Gasteiger charge is 2.32. The van der Waals surface area contributed by atoms with Crippen LogP contribution in [0.2, 0.25) is 0 Å². The summed E-state index contributed by atoms with van der Waals surface area (Å²) in [5.74, 6) is 2.35. The molecule has 4 heterocycles. The molecule has 0 amide bonds. The Morgan fingerprint density at radius 2 is 2.04 bits per heavy atom. The Morgan fingerprint density at radius 1 is 1.24 bits per heavy atom. The number of hydrogen-bond acceptors (Lipinski definition) is 6. The number of aromatic nitrogens is 5. The number of ether oxygens (including phenoxy) is 1. The van der Waals surface area contributed by atoms with Crippen LogP contribution < -0.4 is 4.90 Å². The van der Waals surface area contributed by atoms with E-state index in [2.05, 4.69) is 31.7 Å². The summed E-state index contributed by atoms with van der Waals surface area (Å²) >= 11 is 0. The van der Waals surface area contributed by atoms with E-state index in [1.807, 2.05) is 11.8 Å². The van der Waals surface area contributed by atoms with Crippen molar-refractivity contribution in [2.24, 2.45) is 0 Å². The van der Waals surface area contributed by atoms with E-state index in [0.29, 0.717) is 36.9 Å². The predicted molar refractivity (Wildman–Crippen MR) is 89.9 cm³/mol. The first-order valence-corrected chi connectivity index (χ1v) is 8.94. The summed E-state index contributed by atoms with van der Waals surface area (Å²) < 4.78 is 22.3. The zero-order chi connectivity index (χ0) is 17.4. The fourth-order valence-electron chi connectivity index (χ4n) is 3.82. The van der Waals surface area contributed by atoms with Crippen LogP contribution >= 0.6 is 0 Å². The normalized spacial score (nSPS) is 21.4. The van der Waals surface area contributed by atoms with Gasteiger partial charge in [-0.25, -0.2) is 14.4 Å². The monoisotopic (exact) mass is 346 g/mol. The summed E-state index contributed by atoms with van der Waals surface area (Å²) in [6, 6.07) is 0.163. The molecule has 0 unspecified atom stereocenters. The minimum Gasteiger partial charge on any atom is -0.381 e. The standard InChI is InChI=1S/C17H23FN6O/c1-3-13-15(18)17(20-10-19-13)23-8-11(2)24-14(9-23)21-22-16(24)12-4-6-25-7-5-12/h10-12H,3-9H2,1-2H3/t11-/m0/s1. The minimum atomic E-state index is -0.324. The molecule has 1 fully saturated rings. The van der Waals surface area contributed by atoms with Gasteiger partial charge < -0.3 is 14.2 Å².